The molecule has 0 saturated heterocycles. The van der Waals surface area contributed by atoms with E-state index in [0.717, 1.165) is 4.43 Å². The molecule has 0 fully saturated rings. The summed E-state index contributed by atoms with van der Waals surface area (Å²) in [5, 5.41) is 0.328. The van der Waals surface area contributed by atoms with Crippen LogP contribution in [0.4, 0.5) is 0 Å². The Morgan fingerprint density at radius 2 is 2.14 bits per heavy atom. The van der Waals surface area contributed by atoms with Crippen LogP contribution in [0.2, 0.25) is 0 Å². The molecule has 0 amide bonds. The van der Waals surface area contributed by atoms with E-state index >= 15 is 0 Å². The molecule has 0 aliphatic carbocycles. The van der Waals surface area contributed by atoms with Crippen LogP contribution in [0.25, 0.3) is 0 Å². The lowest BCUT2D eigenvalue weighted by Crippen LogP contribution is -2.09. The highest BCUT2D eigenvalue weighted by molar-refractivity contribution is 14.1. The summed E-state index contributed by atoms with van der Waals surface area (Å²) in [7, 11) is 2.74. The number of rotatable bonds is 2. The first kappa shape index (κ1) is 7.96. The number of hydrogen-bond donors (Lipinski definition) is 1. The van der Waals surface area contributed by atoms with Crippen LogP contribution in [0.5, 0.6) is 0 Å². The Kier molecular flexibility index (Phi) is 3.50. The van der Waals surface area contributed by atoms with Crippen molar-refractivity contribution in [3.05, 3.63) is 0 Å². The van der Waals surface area contributed by atoms with E-state index < -0.39 is 0 Å². The minimum Gasteiger partial charge on any atom is -0.278 e. The zero-order chi connectivity index (χ0) is 5.91. The van der Waals surface area contributed by atoms with Crippen LogP contribution in [-0.2, 0) is 0 Å². The van der Waals surface area contributed by atoms with Crippen molar-refractivity contribution in [1.29, 1.82) is 3.56 Å². The van der Waals surface area contributed by atoms with Gasteiger partial charge in [0.1, 0.15) is 0 Å². The third-order valence-electron chi connectivity index (χ3n) is 0.411. The summed E-state index contributed by atoms with van der Waals surface area (Å²) in [6.45, 7) is 4.29. The molecule has 1 nitrogen and oxygen atoms in total. The van der Waals surface area contributed by atoms with Crippen molar-refractivity contribution in [2.24, 2.45) is 0 Å². The summed E-state index contributed by atoms with van der Waals surface area (Å²) in [4.78, 5) is 0. The Balaban J connectivity index is 3.34. The third-order valence-corrected chi connectivity index (χ3v) is 3.79. The Morgan fingerprint density at radius 1 is 1.71 bits per heavy atom. The third kappa shape index (κ3) is 6.96. The van der Waals surface area contributed by atoms with E-state index in [1.54, 1.807) is 0 Å². The van der Waals surface area contributed by atoms with E-state index in [4.69, 9.17) is 3.56 Å². The van der Waals surface area contributed by atoms with Gasteiger partial charge in [0, 0.05) is 4.43 Å². The minimum atomic E-state index is -0.253. The van der Waals surface area contributed by atoms with Crippen LogP contribution in [0.1, 0.15) is 13.8 Å². The van der Waals surface area contributed by atoms with Crippen LogP contribution in [0, 0.1) is 3.56 Å². The number of hydrogen-bond acceptors (Lipinski definition) is 1. The van der Waals surface area contributed by atoms with Crippen molar-refractivity contribution in [1.82, 2.24) is 0 Å². The van der Waals surface area contributed by atoms with Crippen LogP contribution in [0.15, 0.2) is 0 Å². The lowest BCUT2D eigenvalue weighted by Gasteiger charge is -2.11. The first-order valence-corrected chi connectivity index (χ1v) is 5.28. The molecule has 0 bridgehead atoms. The molecule has 0 aromatic carbocycles. The average Bonchev–Trinajstić information content (AvgIpc) is 1.30. The highest BCUT2D eigenvalue weighted by Gasteiger charge is 2.06. The zero-order valence-electron chi connectivity index (χ0n) is 4.66. The van der Waals surface area contributed by atoms with E-state index in [0.29, 0.717) is 5.16 Å². The first-order chi connectivity index (χ1) is 3.06. The van der Waals surface area contributed by atoms with Gasteiger partial charge in [-0.15, -0.1) is 9.24 Å². The van der Waals surface area contributed by atoms with Gasteiger partial charge in [-0.05, 0) is 26.2 Å². The van der Waals surface area contributed by atoms with E-state index in [9.17, 15) is 0 Å². The van der Waals surface area contributed by atoms with E-state index in [1.165, 1.54) is 0 Å². The van der Waals surface area contributed by atoms with E-state index in [-0.39, 0.29) is 21.0 Å². The molecule has 0 heterocycles. The fourth-order valence-corrected chi connectivity index (χ4v) is 1.67. The smallest absolute Gasteiger partial charge is 0.0196 e. The Morgan fingerprint density at radius 3 is 2.14 bits per heavy atom. The SMILES string of the molecule is CC(C)(P)CI=N. The summed E-state index contributed by atoms with van der Waals surface area (Å²) in [5.41, 5.74) is 0. The van der Waals surface area contributed by atoms with Crippen LogP contribution >= 0.6 is 30.3 Å². The Bertz CT molecular complexity index is 66.6. The van der Waals surface area contributed by atoms with Gasteiger partial charge in [-0.1, -0.05) is 13.8 Å². The van der Waals surface area contributed by atoms with Gasteiger partial charge in [0.2, 0.25) is 0 Å². The molecule has 0 aromatic rings. The highest BCUT2D eigenvalue weighted by Crippen LogP contribution is 2.20. The summed E-state index contributed by atoms with van der Waals surface area (Å²) < 4.78 is 8.03. The second kappa shape index (κ2) is 3.08. The molecule has 7 heavy (non-hydrogen) atoms. The topological polar surface area (TPSA) is 23.9 Å². The average molecular weight is 231 g/mol. The van der Waals surface area contributed by atoms with Crippen LogP contribution in [-0.4, -0.2) is 9.58 Å². The van der Waals surface area contributed by atoms with Crippen molar-refractivity contribution in [2.75, 3.05) is 4.43 Å². The second-order valence-electron chi connectivity index (χ2n) is 2.26. The first-order valence-electron chi connectivity index (χ1n) is 2.10. The second-order valence-corrected chi connectivity index (χ2v) is 5.34. The van der Waals surface area contributed by atoms with Gasteiger partial charge in [-0.3, -0.25) is 3.56 Å². The predicted molar refractivity (Wildman–Crippen MR) is 45.4 cm³/mol. The number of alkyl halides is 1. The molecule has 0 rings (SSSR count). The summed E-state index contributed by atoms with van der Waals surface area (Å²) in [5.74, 6) is 0. The molecular weight excluding hydrogens is 220 g/mol. The van der Waals surface area contributed by atoms with Gasteiger partial charge in [-0.25, -0.2) is 0 Å². The molecule has 0 aromatic heterocycles. The molecule has 1 atom stereocenters. The normalized spacial score (nSPS) is 11.9. The zero-order valence-corrected chi connectivity index (χ0v) is 7.97. The van der Waals surface area contributed by atoms with E-state index in [2.05, 4.69) is 23.1 Å². The molecule has 0 radical (unpaired) electrons. The maximum atomic E-state index is 6.95. The largest absolute Gasteiger partial charge is 0.278 e. The fraction of sp³-hybridized carbons (Fsp3) is 1.00. The van der Waals surface area contributed by atoms with Crippen LogP contribution in [0.3, 0.4) is 0 Å². The van der Waals surface area contributed by atoms with Crippen molar-refractivity contribution in [2.45, 2.75) is 19.0 Å². The Labute approximate surface area is 57.4 Å². The lowest BCUT2D eigenvalue weighted by molar-refractivity contribution is 0.831. The monoisotopic (exact) mass is 231 g/mol. The van der Waals surface area contributed by atoms with Gasteiger partial charge in [-0.2, -0.15) is 0 Å². The van der Waals surface area contributed by atoms with Crippen molar-refractivity contribution >= 4 is 30.3 Å². The quantitative estimate of drug-likeness (QED) is 0.428. The number of halogens is 1. The molecule has 0 spiro atoms. The maximum Gasteiger partial charge on any atom is 0.0196 e. The van der Waals surface area contributed by atoms with Gasteiger partial charge in [0.25, 0.3) is 0 Å². The van der Waals surface area contributed by atoms with Gasteiger partial charge in [0.05, 0.1) is 0 Å². The standard InChI is InChI=1S/C4H11INP/c1-4(2,7)3-5-6/h6H,3,7H2,1-2H3. The lowest BCUT2D eigenvalue weighted by atomic mass is 10.3. The van der Waals surface area contributed by atoms with Crippen molar-refractivity contribution < 1.29 is 0 Å². The summed E-state index contributed by atoms with van der Waals surface area (Å²) in [6, 6.07) is 0. The van der Waals surface area contributed by atoms with Gasteiger partial charge >= 0.3 is 0 Å². The number of nitrogens with one attached hydrogen (secondary N) is 1. The van der Waals surface area contributed by atoms with Crippen LogP contribution < -0.4 is 0 Å². The molecule has 44 valence electrons. The van der Waals surface area contributed by atoms with Crippen molar-refractivity contribution in [3.8, 4) is 0 Å². The molecule has 1 unspecified atom stereocenters. The molecule has 3 heteroatoms. The summed E-state index contributed by atoms with van der Waals surface area (Å²) in [6.07, 6.45) is 0. The van der Waals surface area contributed by atoms with Crippen molar-refractivity contribution in [3.63, 3.8) is 0 Å². The van der Waals surface area contributed by atoms with Gasteiger partial charge < -0.3 is 0 Å². The fourth-order valence-electron chi connectivity index (χ4n) is 0.172. The minimum absolute atomic E-state index is 0.253. The summed E-state index contributed by atoms with van der Waals surface area (Å²) >= 11 is -0.253. The molecule has 0 aliphatic heterocycles. The highest BCUT2D eigenvalue weighted by atomic mass is 127. The molecule has 0 saturated carbocycles. The molecular formula is C4H11INP. The van der Waals surface area contributed by atoms with Gasteiger partial charge in [0.15, 0.2) is 0 Å². The maximum absolute atomic E-state index is 6.95. The Hall–Kier alpha value is 0.960. The molecule has 1 N–H and O–H groups in total. The predicted octanol–water partition coefficient (Wildman–Crippen LogP) is 2.37. The van der Waals surface area contributed by atoms with E-state index in [1.807, 2.05) is 0 Å². The molecule has 0 aliphatic rings.